The minimum atomic E-state index is -0.752. The van der Waals surface area contributed by atoms with E-state index in [-0.39, 0.29) is 18.0 Å². The van der Waals surface area contributed by atoms with E-state index < -0.39 is 6.10 Å². The molecule has 0 aliphatic heterocycles. The first-order chi connectivity index (χ1) is 13.8. The van der Waals surface area contributed by atoms with Crippen LogP contribution in [0.5, 0.6) is 0 Å². The Morgan fingerprint density at radius 1 is 1.10 bits per heavy atom. The Morgan fingerprint density at radius 2 is 1.86 bits per heavy atom. The second-order valence-corrected chi connectivity index (χ2v) is 8.07. The zero-order chi connectivity index (χ0) is 20.9. The number of urea groups is 1. The van der Waals surface area contributed by atoms with Crippen LogP contribution in [0.25, 0.3) is 5.69 Å². The van der Waals surface area contributed by atoms with Crippen LogP contribution in [-0.4, -0.2) is 27.5 Å². The molecule has 0 radical (unpaired) electrons. The van der Waals surface area contributed by atoms with Crippen molar-refractivity contribution in [3.63, 3.8) is 0 Å². The number of aliphatic hydroxyl groups excluding tert-OH is 1. The van der Waals surface area contributed by atoms with Gasteiger partial charge in [-0.05, 0) is 40.3 Å². The van der Waals surface area contributed by atoms with Crippen LogP contribution in [0, 0.1) is 0 Å². The van der Waals surface area contributed by atoms with Gasteiger partial charge in [0.05, 0.1) is 11.8 Å². The zero-order valence-corrected chi connectivity index (χ0v) is 17.1. The van der Waals surface area contributed by atoms with Crippen LogP contribution in [0.4, 0.5) is 4.79 Å². The number of amides is 2. The summed E-state index contributed by atoms with van der Waals surface area (Å²) in [7, 11) is 0. The first kappa shape index (κ1) is 20.6. The van der Waals surface area contributed by atoms with Gasteiger partial charge in [-0.1, -0.05) is 57.2 Å². The molecule has 2 amide bonds. The maximum Gasteiger partial charge on any atom is 0.315 e. The van der Waals surface area contributed by atoms with Crippen molar-refractivity contribution >= 4 is 6.03 Å². The Balaban J connectivity index is 1.48. The number of nitrogens with one attached hydrogen (secondary N) is 2. The molecule has 3 N–H and O–H groups in total. The van der Waals surface area contributed by atoms with Crippen LogP contribution in [0.3, 0.4) is 0 Å². The van der Waals surface area contributed by atoms with E-state index in [4.69, 9.17) is 0 Å². The number of carbonyl (C=O) groups excluding carboxylic acids is 1. The first-order valence-corrected chi connectivity index (χ1v) is 9.72. The Hall–Kier alpha value is -3.12. The van der Waals surface area contributed by atoms with Gasteiger partial charge < -0.3 is 15.7 Å². The molecule has 3 aromatic rings. The van der Waals surface area contributed by atoms with Crippen molar-refractivity contribution in [3.05, 3.63) is 83.7 Å². The minimum Gasteiger partial charge on any atom is -0.387 e. The fraction of sp³-hybridized carbons (Fsp3) is 0.304. The highest BCUT2D eigenvalue weighted by molar-refractivity contribution is 5.73. The summed E-state index contributed by atoms with van der Waals surface area (Å²) in [6.45, 7) is 6.98. The molecule has 2 aromatic carbocycles. The summed E-state index contributed by atoms with van der Waals surface area (Å²) in [6, 6.07) is 17.2. The predicted octanol–water partition coefficient (Wildman–Crippen LogP) is 3.70. The summed E-state index contributed by atoms with van der Waals surface area (Å²) in [5, 5.41) is 20.1. The van der Waals surface area contributed by atoms with Crippen molar-refractivity contribution in [2.75, 3.05) is 6.54 Å². The third-order valence-electron chi connectivity index (χ3n) is 4.75. The third kappa shape index (κ3) is 5.68. The van der Waals surface area contributed by atoms with Gasteiger partial charge in [0.1, 0.15) is 0 Å². The monoisotopic (exact) mass is 392 g/mol. The highest BCUT2D eigenvalue weighted by Crippen LogP contribution is 2.23. The lowest BCUT2D eigenvalue weighted by atomic mass is 9.86. The van der Waals surface area contributed by atoms with Gasteiger partial charge in [-0.2, -0.15) is 5.10 Å². The Morgan fingerprint density at radius 3 is 2.52 bits per heavy atom. The molecule has 0 bridgehead atoms. The van der Waals surface area contributed by atoms with Crippen molar-refractivity contribution in [2.24, 2.45) is 0 Å². The molecular weight excluding hydrogens is 364 g/mol. The van der Waals surface area contributed by atoms with Crippen molar-refractivity contribution in [3.8, 4) is 5.69 Å². The molecule has 1 unspecified atom stereocenters. The van der Waals surface area contributed by atoms with Gasteiger partial charge in [0.25, 0.3) is 0 Å². The van der Waals surface area contributed by atoms with Gasteiger partial charge in [-0.3, -0.25) is 0 Å². The molecular formula is C23H28N4O2. The number of hydrogen-bond donors (Lipinski definition) is 3. The van der Waals surface area contributed by atoms with Gasteiger partial charge in [0.2, 0.25) is 0 Å². The van der Waals surface area contributed by atoms with E-state index in [0.717, 1.165) is 16.8 Å². The van der Waals surface area contributed by atoms with Crippen molar-refractivity contribution in [1.29, 1.82) is 0 Å². The fourth-order valence-corrected chi connectivity index (χ4v) is 2.99. The summed E-state index contributed by atoms with van der Waals surface area (Å²) in [5.74, 6) is 0. The highest BCUT2D eigenvalue weighted by Gasteiger charge is 2.15. The topological polar surface area (TPSA) is 79.2 Å². The van der Waals surface area contributed by atoms with Crippen LogP contribution < -0.4 is 10.6 Å². The van der Waals surface area contributed by atoms with Gasteiger partial charge >= 0.3 is 6.03 Å². The molecule has 29 heavy (non-hydrogen) atoms. The van der Waals surface area contributed by atoms with Gasteiger partial charge in [0, 0.05) is 25.5 Å². The number of hydrogen-bond acceptors (Lipinski definition) is 3. The smallest absolute Gasteiger partial charge is 0.315 e. The number of carbonyl (C=O) groups is 1. The molecule has 0 saturated carbocycles. The van der Waals surface area contributed by atoms with Crippen LogP contribution in [0.15, 0.2) is 67.0 Å². The first-order valence-electron chi connectivity index (χ1n) is 9.72. The van der Waals surface area contributed by atoms with Gasteiger partial charge in [0.15, 0.2) is 0 Å². The number of aliphatic hydroxyl groups is 1. The molecule has 0 aliphatic rings. The van der Waals surface area contributed by atoms with Crippen LogP contribution in [-0.2, 0) is 12.0 Å². The second kappa shape index (κ2) is 8.92. The highest BCUT2D eigenvalue weighted by atomic mass is 16.3. The largest absolute Gasteiger partial charge is 0.387 e. The third-order valence-corrected chi connectivity index (χ3v) is 4.75. The van der Waals surface area contributed by atoms with E-state index >= 15 is 0 Å². The molecule has 3 rings (SSSR count). The molecule has 0 fully saturated rings. The van der Waals surface area contributed by atoms with E-state index in [9.17, 15) is 9.90 Å². The quantitative estimate of drug-likeness (QED) is 0.598. The molecule has 0 saturated heterocycles. The number of rotatable bonds is 6. The molecule has 6 heteroatoms. The van der Waals surface area contributed by atoms with E-state index in [0.29, 0.717) is 6.54 Å². The molecule has 1 heterocycles. The average molecular weight is 393 g/mol. The molecule has 152 valence electrons. The number of nitrogens with zero attached hydrogens (tertiary/aromatic N) is 2. The summed E-state index contributed by atoms with van der Waals surface area (Å²) in [5.41, 5.74) is 3.95. The lowest BCUT2D eigenvalue weighted by Gasteiger charge is -2.20. The van der Waals surface area contributed by atoms with E-state index in [1.165, 1.54) is 5.56 Å². The van der Waals surface area contributed by atoms with E-state index in [1.807, 2.05) is 60.8 Å². The van der Waals surface area contributed by atoms with Crippen LogP contribution in [0.1, 0.15) is 43.6 Å². The van der Waals surface area contributed by atoms with Crippen LogP contribution >= 0.6 is 0 Å². The Kier molecular flexibility index (Phi) is 6.34. The maximum atomic E-state index is 12.1. The van der Waals surface area contributed by atoms with Crippen molar-refractivity contribution < 1.29 is 9.90 Å². The van der Waals surface area contributed by atoms with Crippen molar-refractivity contribution in [2.45, 2.75) is 38.8 Å². The van der Waals surface area contributed by atoms with E-state index in [1.54, 1.807) is 10.9 Å². The maximum absolute atomic E-state index is 12.1. The Bertz CT molecular complexity index is 928. The summed E-state index contributed by atoms with van der Waals surface area (Å²) < 4.78 is 1.77. The van der Waals surface area contributed by atoms with Gasteiger partial charge in [-0.25, -0.2) is 9.48 Å². The van der Waals surface area contributed by atoms with Crippen LogP contribution in [0.2, 0.25) is 0 Å². The van der Waals surface area contributed by atoms with Gasteiger partial charge in [-0.15, -0.1) is 0 Å². The molecule has 1 atom stereocenters. The molecule has 1 aromatic heterocycles. The van der Waals surface area contributed by atoms with E-state index in [2.05, 4.69) is 36.5 Å². The summed E-state index contributed by atoms with van der Waals surface area (Å²) in [6.07, 6.45) is 2.84. The lowest BCUT2D eigenvalue weighted by molar-refractivity contribution is 0.173. The second-order valence-electron chi connectivity index (χ2n) is 8.07. The SMILES string of the molecule is CC(C)(C)c1ccc(C(O)CNC(=O)NCc2cccc(-n3cccn3)c2)cc1. The number of benzene rings is 2. The zero-order valence-electron chi connectivity index (χ0n) is 17.1. The summed E-state index contributed by atoms with van der Waals surface area (Å²) in [4.78, 5) is 12.1. The molecule has 0 aliphatic carbocycles. The molecule has 0 spiro atoms. The standard InChI is InChI=1S/C23H28N4O2/c1-23(2,3)19-10-8-18(9-11-19)21(28)16-25-22(29)24-15-17-6-4-7-20(14-17)27-13-5-12-26-27/h4-14,21,28H,15-16H2,1-3H3,(H2,24,25,29). The summed E-state index contributed by atoms with van der Waals surface area (Å²) >= 11 is 0. The van der Waals surface area contributed by atoms with Crippen molar-refractivity contribution in [1.82, 2.24) is 20.4 Å². The lowest BCUT2D eigenvalue weighted by Crippen LogP contribution is -2.37. The number of aromatic nitrogens is 2. The Labute approximate surface area is 171 Å². The average Bonchev–Trinajstić information content (AvgIpc) is 3.25. The predicted molar refractivity (Wildman–Crippen MR) is 114 cm³/mol. The molecule has 6 nitrogen and oxygen atoms in total. The fourth-order valence-electron chi connectivity index (χ4n) is 2.99. The minimum absolute atomic E-state index is 0.0658. The normalized spacial score (nSPS) is 12.4.